The molecule has 1 aliphatic rings. The molecule has 3 aromatic rings. The van der Waals surface area contributed by atoms with E-state index in [0.717, 1.165) is 36.7 Å². The molecule has 7 heteroatoms. The van der Waals surface area contributed by atoms with Crippen LogP contribution in [0.3, 0.4) is 0 Å². The molecular weight excluding hydrogens is 292 g/mol. The second kappa shape index (κ2) is 5.92. The number of aliphatic hydroxyl groups is 1. The maximum absolute atomic E-state index is 9.80. The van der Waals surface area contributed by atoms with Crippen LogP contribution in [-0.2, 0) is 0 Å². The largest absolute Gasteiger partial charge is 0.393 e. The number of rotatable bonds is 3. The van der Waals surface area contributed by atoms with E-state index in [4.69, 9.17) is 0 Å². The Morgan fingerprint density at radius 1 is 1.00 bits per heavy atom. The second-order valence-corrected chi connectivity index (χ2v) is 5.82. The molecule has 118 valence electrons. The Bertz CT molecular complexity index is 781. The van der Waals surface area contributed by atoms with Gasteiger partial charge >= 0.3 is 0 Å². The molecule has 1 fully saturated rings. The molecule has 0 saturated heterocycles. The highest BCUT2D eigenvalue weighted by Crippen LogP contribution is 2.27. The molecule has 0 amide bonds. The summed E-state index contributed by atoms with van der Waals surface area (Å²) in [4.78, 5) is 10.6. The number of aliphatic hydroxyl groups excluding tert-OH is 1. The molecule has 1 aromatic carbocycles. The van der Waals surface area contributed by atoms with Crippen molar-refractivity contribution in [1.82, 2.24) is 25.1 Å². The molecule has 7 nitrogen and oxygen atoms in total. The van der Waals surface area contributed by atoms with Gasteiger partial charge in [0.15, 0.2) is 0 Å². The van der Waals surface area contributed by atoms with Gasteiger partial charge in [-0.15, -0.1) is 9.89 Å². The summed E-state index contributed by atoms with van der Waals surface area (Å²) in [6, 6.07) is 9.83. The van der Waals surface area contributed by atoms with E-state index in [1.165, 1.54) is 0 Å². The minimum Gasteiger partial charge on any atom is -0.393 e. The lowest BCUT2D eigenvalue weighted by Crippen LogP contribution is -2.44. The Morgan fingerprint density at radius 3 is 2.52 bits per heavy atom. The molecule has 0 spiro atoms. The van der Waals surface area contributed by atoms with Crippen molar-refractivity contribution in [3.05, 3.63) is 42.7 Å². The maximum Gasteiger partial charge on any atom is 0.246 e. The van der Waals surface area contributed by atoms with Crippen molar-refractivity contribution in [3.8, 4) is 0 Å². The van der Waals surface area contributed by atoms with E-state index in [9.17, 15) is 5.11 Å². The fourth-order valence-corrected chi connectivity index (χ4v) is 3.13. The molecule has 1 aliphatic carbocycles. The molecule has 0 bridgehead atoms. The number of anilines is 1. The Labute approximate surface area is 133 Å². The van der Waals surface area contributed by atoms with Gasteiger partial charge in [0.1, 0.15) is 11.0 Å². The molecule has 1 saturated carbocycles. The molecule has 23 heavy (non-hydrogen) atoms. The van der Waals surface area contributed by atoms with Crippen molar-refractivity contribution < 1.29 is 5.11 Å². The molecule has 0 unspecified atom stereocenters. The number of fused-ring (bicyclic) bond motifs is 1. The highest BCUT2D eigenvalue weighted by Gasteiger charge is 2.29. The molecule has 0 radical (unpaired) electrons. The van der Waals surface area contributed by atoms with Gasteiger partial charge in [0.25, 0.3) is 0 Å². The molecule has 2 heterocycles. The summed E-state index contributed by atoms with van der Waals surface area (Å²) in [5.74, 6) is 0.601. The Kier molecular flexibility index (Phi) is 3.63. The van der Waals surface area contributed by atoms with E-state index in [1.54, 1.807) is 23.3 Å². The smallest absolute Gasteiger partial charge is 0.246 e. The lowest BCUT2D eigenvalue weighted by molar-refractivity contribution is 0.119. The van der Waals surface area contributed by atoms with Gasteiger partial charge in [-0.05, 0) is 49.1 Å². The van der Waals surface area contributed by atoms with Gasteiger partial charge in [-0.3, -0.25) is 0 Å². The predicted molar refractivity (Wildman–Crippen MR) is 85.7 cm³/mol. The van der Waals surface area contributed by atoms with Gasteiger partial charge < -0.3 is 5.11 Å². The van der Waals surface area contributed by atoms with Crippen LogP contribution >= 0.6 is 0 Å². The predicted octanol–water partition coefficient (Wildman–Crippen LogP) is 1.79. The molecule has 0 atom stereocenters. The Balaban J connectivity index is 1.79. The third kappa shape index (κ3) is 2.63. The monoisotopic (exact) mass is 310 g/mol. The number of nitrogens with zero attached hydrogens (tertiary/aromatic N) is 6. The summed E-state index contributed by atoms with van der Waals surface area (Å²) in [5.41, 5.74) is 1.76. The zero-order chi connectivity index (χ0) is 15.6. The number of aromatic nitrogens is 5. The molecule has 2 aromatic heterocycles. The van der Waals surface area contributed by atoms with Gasteiger partial charge in [-0.1, -0.05) is 12.1 Å². The number of para-hydroxylation sites is 1. The van der Waals surface area contributed by atoms with E-state index in [-0.39, 0.29) is 12.1 Å². The van der Waals surface area contributed by atoms with E-state index in [2.05, 4.69) is 20.3 Å². The van der Waals surface area contributed by atoms with Crippen LogP contribution in [0.1, 0.15) is 25.7 Å². The van der Waals surface area contributed by atoms with Gasteiger partial charge in [-0.2, -0.15) is 0 Å². The van der Waals surface area contributed by atoms with E-state index in [0.29, 0.717) is 5.95 Å². The number of hydrogen-bond acceptors (Lipinski definition) is 6. The van der Waals surface area contributed by atoms with Crippen LogP contribution in [0, 0.1) is 0 Å². The second-order valence-electron chi connectivity index (χ2n) is 5.82. The van der Waals surface area contributed by atoms with Crippen LogP contribution in [0.25, 0.3) is 11.0 Å². The topological polar surface area (TPSA) is 80.0 Å². The third-order valence-corrected chi connectivity index (χ3v) is 4.31. The van der Waals surface area contributed by atoms with Crippen molar-refractivity contribution in [2.45, 2.75) is 37.8 Å². The minimum atomic E-state index is -0.211. The first-order valence-corrected chi connectivity index (χ1v) is 7.88. The Hall–Kier alpha value is -2.54. The van der Waals surface area contributed by atoms with Crippen molar-refractivity contribution in [1.29, 1.82) is 0 Å². The van der Waals surface area contributed by atoms with Crippen LogP contribution in [-0.4, -0.2) is 42.3 Å². The zero-order valence-corrected chi connectivity index (χ0v) is 12.7. The minimum absolute atomic E-state index is 0.186. The van der Waals surface area contributed by atoms with Gasteiger partial charge in [-0.25, -0.2) is 15.0 Å². The zero-order valence-electron chi connectivity index (χ0n) is 12.7. The molecule has 4 rings (SSSR count). The number of benzene rings is 1. The van der Waals surface area contributed by atoms with Crippen molar-refractivity contribution in [3.63, 3.8) is 0 Å². The van der Waals surface area contributed by atoms with Crippen molar-refractivity contribution >= 4 is 17.0 Å². The lowest BCUT2D eigenvalue weighted by Gasteiger charge is -2.34. The highest BCUT2D eigenvalue weighted by molar-refractivity contribution is 5.74. The SMILES string of the molecule is OC1CCC(N(c2ncccn2)n2nnc3ccccc32)CC1. The van der Waals surface area contributed by atoms with Crippen LogP contribution in [0.15, 0.2) is 42.7 Å². The summed E-state index contributed by atoms with van der Waals surface area (Å²) in [6.45, 7) is 0. The fourth-order valence-electron chi connectivity index (χ4n) is 3.13. The lowest BCUT2D eigenvalue weighted by atomic mass is 9.93. The van der Waals surface area contributed by atoms with Gasteiger partial charge in [0.2, 0.25) is 5.95 Å². The summed E-state index contributed by atoms with van der Waals surface area (Å²) >= 11 is 0. The number of hydrogen-bond donors (Lipinski definition) is 1. The van der Waals surface area contributed by atoms with E-state index < -0.39 is 0 Å². The highest BCUT2D eigenvalue weighted by atomic mass is 16.3. The van der Waals surface area contributed by atoms with Gasteiger partial charge in [0.05, 0.1) is 12.1 Å². The molecule has 0 aliphatic heterocycles. The third-order valence-electron chi connectivity index (χ3n) is 4.31. The van der Waals surface area contributed by atoms with Crippen LogP contribution in [0.2, 0.25) is 0 Å². The first-order chi connectivity index (χ1) is 11.3. The van der Waals surface area contributed by atoms with Gasteiger partial charge in [0, 0.05) is 12.4 Å². The molecular formula is C16H18N6O. The van der Waals surface area contributed by atoms with E-state index in [1.807, 2.05) is 29.3 Å². The fraction of sp³-hybridized carbons (Fsp3) is 0.375. The standard InChI is InChI=1S/C16H18N6O/c23-13-8-6-12(7-9-13)21(16-17-10-3-11-18-16)22-15-5-2-1-4-14(15)19-20-22/h1-5,10-13,23H,6-9H2. The summed E-state index contributed by atoms with van der Waals surface area (Å²) < 4.78 is 0. The normalized spacial score (nSPS) is 21.4. The summed E-state index contributed by atoms with van der Waals surface area (Å²) in [5, 5.41) is 20.4. The van der Waals surface area contributed by atoms with Crippen molar-refractivity contribution in [2.75, 3.05) is 5.01 Å². The summed E-state index contributed by atoms with van der Waals surface area (Å²) in [7, 11) is 0. The van der Waals surface area contributed by atoms with Crippen LogP contribution in [0.4, 0.5) is 5.95 Å². The van der Waals surface area contributed by atoms with Crippen molar-refractivity contribution in [2.24, 2.45) is 0 Å². The van der Waals surface area contributed by atoms with Crippen LogP contribution < -0.4 is 5.01 Å². The average Bonchev–Trinajstić information content (AvgIpc) is 3.02. The maximum atomic E-state index is 9.80. The quantitative estimate of drug-likeness (QED) is 0.794. The first-order valence-electron chi connectivity index (χ1n) is 7.88. The van der Waals surface area contributed by atoms with Crippen LogP contribution in [0.5, 0.6) is 0 Å². The van der Waals surface area contributed by atoms with E-state index >= 15 is 0 Å². The summed E-state index contributed by atoms with van der Waals surface area (Å²) in [6.07, 6.45) is 6.54. The Morgan fingerprint density at radius 2 is 1.74 bits per heavy atom. The average molecular weight is 310 g/mol. The first kappa shape index (κ1) is 14.1. The molecule has 1 N–H and O–H groups in total.